The van der Waals surface area contributed by atoms with Gasteiger partial charge >= 0.3 is 5.97 Å². The van der Waals surface area contributed by atoms with Gasteiger partial charge in [0, 0.05) is 21.8 Å². The highest BCUT2D eigenvalue weighted by molar-refractivity contribution is 9.10. The predicted octanol–water partition coefficient (Wildman–Crippen LogP) is 3.93. The Bertz CT molecular complexity index is 1400. The third-order valence-electron chi connectivity index (χ3n) is 5.39. The molecule has 4 rings (SSSR count). The highest BCUT2D eigenvalue weighted by Crippen LogP contribution is 2.37. The maximum atomic E-state index is 12.6. The van der Waals surface area contributed by atoms with Crippen LogP contribution in [0.2, 0.25) is 0 Å². The molecule has 0 saturated heterocycles. The van der Waals surface area contributed by atoms with Crippen molar-refractivity contribution in [3.63, 3.8) is 0 Å². The number of aromatic nitrogens is 4. The molecule has 0 atom stereocenters. The van der Waals surface area contributed by atoms with Crippen LogP contribution >= 0.6 is 28.3 Å². The number of nitrogens with one attached hydrogen (secondary N) is 4. The summed E-state index contributed by atoms with van der Waals surface area (Å²) in [7, 11) is 1.45. The molecule has 34 heavy (non-hydrogen) atoms. The lowest BCUT2D eigenvalue weighted by Crippen LogP contribution is -2.20. The van der Waals surface area contributed by atoms with E-state index in [0.29, 0.717) is 33.6 Å². The van der Waals surface area contributed by atoms with Crippen molar-refractivity contribution in [1.29, 1.82) is 0 Å². The second-order valence-electron chi connectivity index (χ2n) is 7.48. The van der Waals surface area contributed by atoms with Gasteiger partial charge in [0.15, 0.2) is 11.5 Å². The van der Waals surface area contributed by atoms with Crippen molar-refractivity contribution >= 4 is 34.3 Å². The highest BCUT2D eigenvalue weighted by atomic mass is 79.9. The Morgan fingerprint density at radius 1 is 0.882 bits per heavy atom. The summed E-state index contributed by atoms with van der Waals surface area (Å²) in [5.74, 6) is -0.729. The van der Waals surface area contributed by atoms with E-state index in [9.17, 15) is 14.4 Å². The van der Waals surface area contributed by atoms with Crippen LogP contribution in [0.25, 0.3) is 0 Å². The van der Waals surface area contributed by atoms with Crippen LogP contribution in [0.15, 0.2) is 56.5 Å². The third-order valence-corrected chi connectivity index (χ3v) is 5.88. The van der Waals surface area contributed by atoms with E-state index in [-0.39, 0.29) is 35.0 Å². The number of hydrogen-bond donors (Lipinski definition) is 4. The van der Waals surface area contributed by atoms with Crippen LogP contribution in [0, 0.1) is 13.8 Å². The van der Waals surface area contributed by atoms with Crippen molar-refractivity contribution in [3.8, 4) is 11.5 Å². The Balaban J connectivity index is 0.00000324. The molecule has 9 nitrogen and oxygen atoms in total. The van der Waals surface area contributed by atoms with Gasteiger partial charge in [-0.25, -0.2) is 4.79 Å². The van der Waals surface area contributed by atoms with Crippen LogP contribution < -0.4 is 20.6 Å². The second-order valence-corrected chi connectivity index (χ2v) is 8.39. The average Bonchev–Trinajstić information content (AvgIpc) is 3.30. The molecule has 0 aliphatic rings. The van der Waals surface area contributed by atoms with Gasteiger partial charge in [0.2, 0.25) is 0 Å². The number of carbonyl (C=O) groups is 1. The summed E-state index contributed by atoms with van der Waals surface area (Å²) >= 11 is 3.34. The van der Waals surface area contributed by atoms with Gasteiger partial charge in [-0.3, -0.25) is 19.8 Å². The van der Waals surface area contributed by atoms with Crippen molar-refractivity contribution < 1.29 is 14.3 Å². The number of rotatable bonds is 6. The molecule has 0 aliphatic heterocycles. The van der Waals surface area contributed by atoms with E-state index in [1.807, 2.05) is 6.07 Å². The molecule has 2 aromatic heterocycles. The van der Waals surface area contributed by atoms with Crippen molar-refractivity contribution in [2.45, 2.75) is 19.8 Å². The smallest absolute Gasteiger partial charge is 0.343 e. The lowest BCUT2D eigenvalue weighted by Gasteiger charge is -2.18. The van der Waals surface area contributed by atoms with Crippen molar-refractivity contribution in [1.82, 2.24) is 20.4 Å². The lowest BCUT2D eigenvalue weighted by molar-refractivity contribution is 0.0729. The van der Waals surface area contributed by atoms with E-state index in [2.05, 4.69) is 36.3 Å². The van der Waals surface area contributed by atoms with Gasteiger partial charge in [-0.1, -0.05) is 28.1 Å². The minimum atomic E-state index is -0.682. The quantitative estimate of drug-likeness (QED) is 0.214. The molecule has 2 heterocycles. The molecule has 178 valence electrons. The molecule has 0 radical (unpaired) electrons. The number of esters is 1. The fraction of sp³-hybridized carbons (Fsp3) is 0.174. The maximum absolute atomic E-state index is 12.6. The van der Waals surface area contributed by atoms with Crippen molar-refractivity contribution in [3.05, 3.63) is 101 Å². The number of aromatic amines is 4. The first-order chi connectivity index (χ1) is 15.8. The Kier molecular flexibility index (Phi) is 7.53. The summed E-state index contributed by atoms with van der Waals surface area (Å²) in [6.07, 6.45) is 0. The molecule has 2 aromatic carbocycles. The van der Waals surface area contributed by atoms with Crippen LogP contribution in [-0.2, 0) is 0 Å². The fourth-order valence-corrected chi connectivity index (χ4v) is 4.21. The second kappa shape index (κ2) is 10.2. The lowest BCUT2D eigenvalue weighted by atomic mass is 9.85. The zero-order valence-electron chi connectivity index (χ0n) is 18.4. The fourth-order valence-electron chi connectivity index (χ4n) is 3.81. The van der Waals surface area contributed by atoms with E-state index in [1.165, 1.54) is 7.11 Å². The van der Waals surface area contributed by atoms with E-state index in [0.717, 1.165) is 4.47 Å². The summed E-state index contributed by atoms with van der Waals surface area (Å²) in [6.45, 7) is 3.50. The van der Waals surface area contributed by atoms with Gasteiger partial charge in [0.25, 0.3) is 11.1 Å². The minimum Gasteiger partial charge on any atom is -0.493 e. The first-order valence-electron chi connectivity index (χ1n) is 10.00. The van der Waals surface area contributed by atoms with Crippen molar-refractivity contribution in [2.24, 2.45) is 0 Å². The molecule has 0 bridgehead atoms. The van der Waals surface area contributed by atoms with E-state index in [1.54, 1.807) is 50.2 Å². The van der Waals surface area contributed by atoms with Gasteiger partial charge < -0.3 is 19.7 Å². The number of H-pyrrole nitrogens is 4. The summed E-state index contributed by atoms with van der Waals surface area (Å²) in [6, 6.07) is 11.8. The van der Waals surface area contributed by atoms with Crippen LogP contribution in [0.1, 0.15) is 44.4 Å². The Morgan fingerprint density at radius 2 is 1.50 bits per heavy atom. The van der Waals surface area contributed by atoms with Gasteiger partial charge in [-0.15, -0.1) is 12.4 Å². The molecule has 0 unspecified atom stereocenters. The normalized spacial score (nSPS) is 10.7. The Hall–Kier alpha value is -3.50. The Labute approximate surface area is 208 Å². The molecule has 11 heteroatoms. The van der Waals surface area contributed by atoms with Gasteiger partial charge in [-0.05, 0) is 49.7 Å². The molecule has 0 aliphatic carbocycles. The topological polar surface area (TPSA) is 133 Å². The van der Waals surface area contributed by atoms with Crippen LogP contribution in [-0.4, -0.2) is 33.5 Å². The number of ether oxygens (including phenoxy) is 2. The zero-order valence-corrected chi connectivity index (χ0v) is 20.8. The molecule has 0 saturated carbocycles. The standard InChI is InChI=1S/C23H21BrN4O5.ClH/c1-11-18(21(29)27-25-11)20(19-12(2)26-28-22(19)30)13-7-8-16(17(10-13)32-3)33-23(31)14-5-4-6-15(24)9-14;/h4-10,20H,1-3H3,(H2,25,27,29)(H2,26,28,30);1H. The molecule has 0 amide bonds. The number of hydrogen-bond acceptors (Lipinski definition) is 5. The maximum Gasteiger partial charge on any atom is 0.343 e. The Morgan fingerprint density at radius 3 is 2.00 bits per heavy atom. The van der Waals surface area contributed by atoms with Crippen LogP contribution in [0.4, 0.5) is 0 Å². The number of benzene rings is 2. The zero-order chi connectivity index (χ0) is 23.7. The number of methoxy groups -OCH3 is 1. The van der Waals surface area contributed by atoms with Gasteiger partial charge in [0.05, 0.1) is 23.8 Å². The van der Waals surface area contributed by atoms with E-state index < -0.39 is 11.9 Å². The molecule has 0 spiro atoms. The monoisotopic (exact) mass is 548 g/mol. The summed E-state index contributed by atoms with van der Waals surface area (Å²) < 4.78 is 11.8. The summed E-state index contributed by atoms with van der Waals surface area (Å²) in [5, 5.41) is 10.8. The van der Waals surface area contributed by atoms with Crippen molar-refractivity contribution in [2.75, 3.05) is 7.11 Å². The van der Waals surface area contributed by atoms with Crippen LogP contribution in [0.3, 0.4) is 0 Å². The molecular weight excluding hydrogens is 528 g/mol. The first kappa shape index (κ1) is 25.1. The largest absolute Gasteiger partial charge is 0.493 e. The van der Waals surface area contributed by atoms with Crippen LogP contribution in [0.5, 0.6) is 11.5 Å². The first-order valence-corrected chi connectivity index (χ1v) is 10.8. The SMILES string of the molecule is COc1cc(C(c2c(C)[nH][nH]c2=O)c2c(C)[nH][nH]c2=O)ccc1OC(=O)c1cccc(Br)c1.Cl. The van der Waals surface area contributed by atoms with Gasteiger partial charge in [0.1, 0.15) is 0 Å². The number of carbonyl (C=O) groups excluding carboxylic acids is 1. The summed E-state index contributed by atoms with van der Waals surface area (Å²) in [5.41, 5.74) is 2.35. The van der Waals surface area contributed by atoms with Gasteiger partial charge in [-0.2, -0.15) is 0 Å². The molecule has 0 fully saturated rings. The highest BCUT2D eigenvalue weighted by Gasteiger charge is 2.29. The third kappa shape index (κ3) is 4.73. The summed E-state index contributed by atoms with van der Waals surface area (Å²) in [4.78, 5) is 37.8. The number of aryl methyl sites for hydroxylation is 2. The van der Waals surface area contributed by atoms with E-state index >= 15 is 0 Å². The molecule has 4 N–H and O–H groups in total. The predicted molar refractivity (Wildman–Crippen MR) is 133 cm³/mol. The van der Waals surface area contributed by atoms with E-state index in [4.69, 9.17) is 9.47 Å². The minimum absolute atomic E-state index is 0. The molecule has 4 aromatic rings. The molecular formula is C23H22BrClN4O5. The average molecular weight is 550 g/mol. The number of halogens is 2.